The zero-order chi connectivity index (χ0) is 8.85. The van der Waals surface area contributed by atoms with Gasteiger partial charge in [0.25, 0.3) is 0 Å². The fraction of sp³-hybridized carbons (Fsp3) is 0.778. The van der Waals surface area contributed by atoms with E-state index in [1.54, 1.807) is 6.92 Å². The Balaban J connectivity index is 3.60. The second-order valence-corrected chi connectivity index (χ2v) is 3.45. The molecule has 2 nitrogen and oxygen atoms in total. The summed E-state index contributed by atoms with van der Waals surface area (Å²) in [5.74, 6) is 0.488. The third-order valence-electron chi connectivity index (χ3n) is 1.42. The van der Waals surface area contributed by atoms with Crippen LogP contribution in [0.15, 0.2) is 0 Å². The van der Waals surface area contributed by atoms with Gasteiger partial charge in [-0.15, -0.1) is 0 Å². The average molecular weight is 156 g/mol. The predicted octanol–water partition coefficient (Wildman–Crippen LogP) is 1.83. The summed E-state index contributed by atoms with van der Waals surface area (Å²) >= 11 is 0. The van der Waals surface area contributed by atoms with Crippen LogP contribution in [0.1, 0.15) is 33.6 Å². The van der Waals surface area contributed by atoms with E-state index in [2.05, 4.69) is 0 Å². The highest BCUT2D eigenvalue weighted by atomic mass is 16.1. The number of rotatable bonds is 5. The van der Waals surface area contributed by atoms with Gasteiger partial charge in [0.05, 0.1) is 0 Å². The molecule has 1 atom stereocenters. The van der Waals surface area contributed by atoms with Crippen LogP contribution in [0.2, 0.25) is 0 Å². The summed E-state index contributed by atoms with van der Waals surface area (Å²) in [7, 11) is 0. The van der Waals surface area contributed by atoms with Crippen LogP contribution in [0.25, 0.3) is 0 Å². The smallest absolute Gasteiger partial charge is 0.133 e. The van der Waals surface area contributed by atoms with E-state index in [1.165, 1.54) is 0 Å². The minimum absolute atomic E-state index is 0.110. The highest BCUT2D eigenvalue weighted by molar-refractivity contribution is 5.81. The van der Waals surface area contributed by atoms with Crippen LogP contribution in [0.5, 0.6) is 0 Å². The molecule has 0 aliphatic heterocycles. The van der Waals surface area contributed by atoms with Crippen LogP contribution >= 0.6 is 0 Å². The van der Waals surface area contributed by atoms with Crippen molar-refractivity contribution in [3.8, 4) is 0 Å². The van der Waals surface area contributed by atoms with E-state index in [1.807, 2.05) is 13.8 Å². The Kier molecular flexibility index (Phi) is 4.75. The van der Waals surface area contributed by atoms with Gasteiger partial charge in [-0.1, -0.05) is 20.8 Å². The number of aldehydes is 1. The molecule has 0 saturated carbocycles. The fourth-order valence-corrected chi connectivity index (χ4v) is 0.946. The zero-order valence-corrected chi connectivity index (χ0v) is 7.46. The maximum absolute atomic E-state index is 11.1. The van der Waals surface area contributed by atoms with Crippen molar-refractivity contribution in [3.63, 3.8) is 0 Å². The molecule has 0 N–H and O–H groups in total. The average Bonchev–Trinajstić information content (AvgIpc) is 1.85. The molecule has 2 heteroatoms. The van der Waals surface area contributed by atoms with Crippen molar-refractivity contribution >= 4 is 12.1 Å². The quantitative estimate of drug-likeness (QED) is 0.569. The molecule has 1 unspecified atom stereocenters. The van der Waals surface area contributed by atoms with Gasteiger partial charge in [0.15, 0.2) is 0 Å². The second-order valence-electron chi connectivity index (χ2n) is 3.45. The van der Waals surface area contributed by atoms with E-state index >= 15 is 0 Å². The Bertz CT molecular complexity index is 138. The van der Waals surface area contributed by atoms with Gasteiger partial charge in [-0.2, -0.15) is 0 Å². The normalized spacial score (nSPS) is 13.1. The summed E-state index contributed by atoms with van der Waals surface area (Å²) < 4.78 is 0. The highest BCUT2D eigenvalue weighted by Gasteiger charge is 2.09. The van der Waals surface area contributed by atoms with Crippen LogP contribution in [0, 0.1) is 11.8 Å². The molecular weight excluding hydrogens is 140 g/mol. The fourth-order valence-electron chi connectivity index (χ4n) is 0.946. The standard InChI is InChI=1S/C9H16O2/c1-7(2)4-9(11)5-8(3)6-10/h6-8H,4-5H2,1-3H3. The van der Waals surface area contributed by atoms with Crippen molar-refractivity contribution in [3.05, 3.63) is 0 Å². The first-order chi connectivity index (χ1) is 5.06. The third kappa shape index (κ3) is 5.77. The summed E-state index contributed by atoms with van der Waals surface area (Å²) in [5.41, 5.74) is 0. The predicted molar refractivity (Wildman–Crippen MR) is 44.3 cm³/mol. The second kappa shape index (κ2) is 5.05. The van der Waals surface area contributed by atoms with Crippen LogP contribution in [0.3, 0.4) is 0 Å². The van der Waals surface area contributed by atoms with E-state index in [-0.39, 0.29) is 11.7 Å². The van der Waals surface area contributed by atoms with Crippen LogP contribution in [-0.4, -0.2) is 12.1 Å². The van der Waals surface area contributed by atoms with E-state index in [9.17, 15) is 9.59 Å². The first kappa shape index (κ1) is 10.3. The van der Waals surface area contributed by atoms with Gasteiger partial charge in [0.1, 0.15) is 12.1 Å². The lowest BCUT2D eigenvalue weighted by Gasteiger charge is -2.04. The summed E-state index contributed by atoms with van der Waals surface area (Å²) in [5, 5.41) is 0. The van der Waals surface area contributed by atoms with Gasteiger partial charge in [0.2, 0.25) is 0 Å². The van der Waals surface area contributed by atoms with E-state index in [4.69, 9.17) is 0 Å². The van der Waals surface area contributed by atoms with Crippen LogP contribution in [-0.2, 0) is 9.59 Å². The summed E-state index contributed by atoms with van der Waals surface area (Å²) in [6, 6.07) is 0. The zero-order valence-electron chi connectivity index (χ0n) is 7.46. The Hall–Kier alpha value is -0.660. The highest BCUT2D eigenvalue weighted by Crippen LogP contribution is 2.06. The lowest BCUT2D eigenvalue weighted by Crippen LogP contribution is -2.08. The number of carbonyl (C=O) groups is 2. The Morgan fingerprint density at radius 3 is 2.18 bits per heavy atom. The number of carbonyl (C=O) groups excluding carboxylic acids is 2. The molecule has 0 aromatic heterocycles. The van der Waals surface area contributed by atoms with Crippen LogP contribution in [0.4, 0.5) is 0 Å². The first-order valence-electron chi connectivity index (χ1n) is 4.03. The maximum atomic E-state index is 11.1. The number of ketones is 1. The molecule has 0 heterocycles. The van der Waals surface area contributed by atoms with Crippen molar-refractivity contribution in [1.82, 2.24) is 0 Å². The monoisotopic (exact) mass is 156 g/mol. The van der Waals surface area contributed by atoms with E-state index in [0.29, 0.717) is 18.8 Å². The van der Waals surface area contributed by atoms with Crippen LogP contribution < -0.4 is 0 Å². The first-order valence-corrected chi connectivity index (χ1v) is 4.03. The third-order valence-corrected chi connectivity index (χ3v) is 1.42. The SMILES string of the molecule is CC(C)CC(=O)CC(C)C=O. The molecule has 0 amide bonds. The molecule has 0 aromatic rings. The topological polar surface area (TPSA) is 34.1 Å². The van der Waals surface area contributed by atoms with Crippen molar-refractivity contribution in [2.24, 2.45) is 11.8 Å². The summed E-state index contributed by atoms with van der Waals surface area (Å²) in [4.78, 5) is 21.2. The van der Waals surface area contributed by atoms with Gasteiger partial charge >= 0.3 is 0 Å². The van der Waals surface area contributed by atoms with Gasteiger partial charge < -0.3 is 4.79 Å². The number of Topliss-reactive ketones (excluding diaryl/α,β-unsaturated/α-hetero) is 1. The molecule has 0 aliphatic rings. The molecule has 0 radical (unpaired) electrons. The maximum Gasteiger partial charge on any atom is 0.133 e. The van der Waals surface area contributed by atoms with Crippen molar-refractivity contribution < 1.29 is 9.59 Å². The number of hydrogen-bond donors (Lipinski definition) is 0. The van der Waals surface area contributed by atoms with Crippen molar-refractivity contribution in [1.29, 1.82) is 0 Å². The molecule has 0 rings (SSSR count). The molecule has 0 fully saturated rings. The summed E-state index contributed by atoms with van der Waals surface area (Å²) in [6.45, 7) is 5.78. The van der Waals surface area contributed by atoms with Gasteiger partial charge in [-0.3, -0.25) is 4.79 Å². The summed E-state index contributed by atoms with van der Waals surface area (Å²) in [6.07, 6.45) is 1.83. The van der Waals surface area contributed by atoms with Crippen molar-refractivity contribution in [2.75, 3.05) is 0 Å². The molecule has 64 valence electrons. The van der Waals surface area contributed by atoms with E-state index < -0.39 is 0 Å². The lowest BCUT2D eigenvalue weighted by atomic mass is 9.99. The molecule has 0 bridgehead atoms. The Morgan fingerprint density at radius 2 is 1.82 bits per heavy atom. The Morgan fingerprint density at radius 1 is 1.27 bits per heavy atom. The molecule has 0 aromatic carbocycles. The molecule has 0 spiro atoms. The number of hydrogen-bond acceptors (Lipinski definition) is 2. The van der Waals surface area contributed by atoms with Gasteiger partial charge in [-0.25, -0.2) is 0 Å². The Labute approximate surface area is 68.0 Å². The minimum atomic E-state index is -0.110. The van der Waals surface area contributed by atoms with Gasteiger partial charge in [0, 0.05) is 18.8 Å². The largest absolute Gasteiger partial charge is 0.303 e. The lowest BCUT2D eigenvalue weighted by molar-refractivity contribution is -0.123. The minimum Gasteiger partial charge on any atom is -0.303 e. The molecular formula is C9H16O2. The van der Waals surface area contributed by atoms with E-state index in [0.717, 1.165) is 6.29 Å². The molecule has 0 saturated heterocycles. The molecule has 11 heavy (non-hydrogen) atoms. The molecule has 0 aliphatic carbocycles. The van der Waals surface area contributed by atoms with Crippen molar-refractivity contribution in [2.45, 2.75) is 33.6 Å². The van der Waals surface area contributed by atoms with Gasteiger partial charge in [-0.05, 0) is 5.92 Å².